The van der Waals surface area contributed by atoms with Crippen LogP contribution in [0.1, 0.15) is 10.5 Å². The Balaban J connectivity index is 1.84. The van der Waals surface area contributed by atoms with E-state index in [2.05, 4.69) is 15.3 Å². The molecule has 26 heavy (non-hydrogen) atoms. The first-order valence-electron chi connectivity index (χ1n) is 7.54. The summed E-state index contributed by atoms with van der Waals surface area (Å²) in [5.74, 6) is -5.01. The van der Waals surface area contributed by atoms with E-state index in [0.717, 1.165) is 17.8 Å². The molecule has 0 saturated carbocycles. The maximum absolute atomic E-state index is 13.7. The molecule has 1 aromatic heterocycles. The Morgan fingerprint density at radius 1 is 1.00 bits per heavy atom. The highest BCUT2D eigenvalue weighted by atomic mass is 19.2. The predicted molar refractivity (Wildman–Crippen MR) is 90.8 cm³/mol. The number of nitrogens with one attached hydrogen (secondary N) is 1. The average molecular weight is 358 g/mol. The molecule has 8 heteroatoms. The van der Waals surface area contributed by atoms with Gasteiger partial charge in [0.2, 0.25) is 5.95 Å². The molecule has 0 saturated heterocycles. The normalized spacial score (nSPS) is 10.5. The maximum Gasteiger partial charge on any atom is 0.274 e. The van der Waals surface area contributed by atoms with Crippen molar-refractivity contribution in [3.05, 3.63) is 77.9 Å². The van der Waals surface area contributed by atoms with Crippen molar-refractivity contribution in [3.63, 3.8) is 0 Å². The number of anilines is 3. The van der Waals surface area contributed by atoms with Gasteiger partial charge in [-0.1, -0.05) is 18.2 Å². The Kier molecular flexibility index (Phi) is 4.83. The zero-order valence-corrected chi connectivity index (χ0v) is 13.6. The summed E-state index contributed by atoms with van der Waals surface area (Å²) in [6, 6.07) is 12.2. The fraction of sp³-hybridized carbons (Fsp3) is 0.0556. The first-order valence-corrected chi connectivity index (χ1v) is 7.54. The number of rotatable bonds is 4. The van der Waals surface area contributed by atoms with Gasteiger partial charge in [-0.25, -0.2) is 23.1 Å². The molecule has 1 heterocycles. The minimum Gasteiger partial charge on any atom is -0.318 e. The van der Waals surface area contributed by atoms with Crippen molar-refractivity contribution in [3.8, 4) is 0 Å². The molecule has 5 nitrogen and oxygen atoms in total. The molecule has 0 aliphatic rings. The molecule has 0 radical (unpaired) electrons. The number of carbonyl (C=O) groups is 1. The largest absolute Gasteiger partial charge is 0.318 e. The van der Waals surface area contributed by atoms with Gasteiger partial charge in [0.15, 0.2) is 17.5 Å². The maximum atomic E-state index is 13.7. The van der Waals surface area contributed by atoms with Crippen molar-refractivity contribution < 1.29 is 18.0 Å². The van der Waals surface area contributed by atoms with Crippen molar-refractivity contribution in [1.29, 1.82) is 0 Å². The average Bonchev–Trinajstić information content (AvgIpc) is 2.68. The molecule has 0 bridgehead atoms. The van der Waals surface area contributed by atoms with E-state index < -0.39 is 29.0 Å². The van der Waals surface area contributed by atoms with E-state index >= 15 is 0 Å². The van der Waals surface area contributed by atoms with Gasteiger partial charge in [-0.05, 0) is 30.3 Å². The molecule has 1 amide bonds. The first kappa shape index (κ1) is 17.4. The van der Waals surface area contributed by atoms with Crippen LogP contribution in [0.4, 0.5) is 30.5 Å². The number of hydrogen-bond donors (Lipinski definition) is 1. The quantitative estimate of drug-likeness (QED) is 0.719. The number of amides is 1. The monoisotopic (exact) mass is 358 g/mol. The van der Waals surface area contributed by atoms with E-state index in [1.165, 1.54) is 12.3 Å². The lowest BCUT2D eigenvalue weighted by Crippen LogP contribution is -2.19. The summed E-state index contributed by atoms with van der Waals surface area (Å²) in [5.41, 5.74) is 0.268. The lowest BCUT2D eigenvalue weighted by atomic mass is 10.2. The molecule has 0 fully saturated rings. The highest BCUT2D eigenvalue weighted by Crippen LogP contribution is 2.21. The van der Waals surface area contributed by atoms with Gasteiger partial charge in [0.25, 0.3) is 5.91 Å². The number of para-hydroxylation sites is 1. The number of benzene rings is 2. The molecule has 1 N–H and O–H groups in total. The summed E-state index contributed by atoms with van der Waals surface area (Å²) >= 11 is 0. The van der Waals surface area contributed by atoms with Crippen molar-refractivity contribution in [2.24, 2.45) is 0 Å². The topological polar surface area (TPSA) is 58.1 Å². The summed E-state index contributed by atoms with van der Waals surface area (Å²) in [5, 5.41) is 2.17. The lowest BCUT2D eigenvalue weighted by Gasteiger charge is -2.17. The fourth-order valence-electron chi connectivity index (χ4n) is 2.21. The second-order valence-corrected chi connectivity index (χ2v) is 5.31. The second-order valence-electron chi connectivity index (χ2n) is 5.31. The SMILES string of the molecule is CN(c1ccccc1)c1nccc(C(=O)Nc2ccc(F)c(F)c2F)n1. The summed E-state index contributed by atoms with van der Waals surface area (Å²) in [4.78, 5) is 22.2. The van der Waals surface area contributed by atoms with Gasteiger partial charge >= 0.3 is 0 Å². The standard InChI is InChI=1S/C18H13F3N4O/c1-25(11-5-3-2-4-6-11)18-22-10-9-14(24-18)17(26)23-13-8-7-12(19)15(20)16(13)21/h2-10H,1H3,(H,23,26). The molecular weight excluding hydrogens is 345 g/mol. The van der Waals surface area contributed by atoms with E-state index in [1.54, 1.807) is 11.9 Å². The Bertz CT molecular complexity index is 950. The second kappa shape index (κ2) is 7.22. The van der Waals surface area contributed by atoms with Crippen molar-refractivity contribution in [2.75, 3.05) is 17.3 Å². The van der Waals surface area contributed by atoms with E-state index in [4.69, 9.17) is 0 Å². The molecule has 2 aromatic carbocycles. The van der Waals surface area contributed by atoms with Gasteiger partial charge in [-0.3, -0.25) is 4.79 Å². The highest BCUT2D eigenvalue weighted by molar-refractivity contribution is 6.03. The molecule has 132 valence electrons. The van der Waals surface area contributed by atoms with Crippen LogP contribution in [-0.2, 0) is 0 Å². The molecule has 0 aliphatic heterocycles. The van der Waals surface area contributed by atoms with Crippen LogP contribution >= 0.6 is 0 Å². The van der Waals surface area contributed by atoms with Crippen molar-refractivity contribution in [1.82, 2.24) is 9.97 Å². The zero-order valence-electron chi connectivity index (χ0n) is 13.6. The van der Waals surface area contributed by atoms with Gasteiger partial charge < -0.3 is 10.2 Å². The molecule has 3 rings (SSSR count). The Labute approximate surface area is 147 Å². The summed E-state index contributed by atoms with van der Waals surface area (Å²) < 4.78 is 39.9. The van der Waals surface area contributed by atoms with Crippen molar-refractivity contribution in [2.45, 2.75) is 0 Å². The van der Waals surface area contributed by atoms with Gasteiger partial charge in [-0.2, -0.15) is 0 Å². The molecule has 0 aliphatic carbocycles. The number of hydrogen-bond acceptors (Lipinski definition) is 4. The van der Waals surface area contributed by atoms with Gasteiger partial charge in [-0.15, -0.1) is 0 Å². The van der Waals surface area contributed by atoms with Crippen LogP contribution in [0, 0.1) is 17.5 Å². The summed E-state index contributed by atoms with van der Waals surface area (Å²) in [6.45, 7) is 0. The van der Waals surface area contributed by atoms with Gasteiger partial charge in [0, 0.05) is 18.9 Å². The number of carbonyl (C=O) groups excluding carboxylic acids is 1. The van der Waals surface area contributed by atoms with E-state index in [9.17, 15) is 18.0 Å². The molecule has 0 atom stereocenters. The number of aromatic nitrogens is 2. The Morgan fingerprint density at radius 2 is 1.73 bits per heavy atom. The summed E-state index contributed by atoms with van der Waals surface area (Å²) in [7, 11) is 1.72. The molecular formula is C18H13F3N4O. The molecule has 3 aromatic rings. The third-order valence-electron chi connectivity index (χ3n) is 3.60. The van der Waals surface area contributed by atoms with Crippen LogP contribution in [0.3, 0.4) is 0 Å². The van der Waals surface area contributed by atoms with Crippen LogP contribution < -0.4 is 10.2 Å². The third kappa shape index (κ3) is 3.49. The highest BCUT2D eigenvalue weighted by Gasteiger charge is 2.17. The Morgan fingerprint density at radius 3 is 2.46 bits per heavy atom. The molecule has 0 spiro atoms. The van der Waals surface area contributed by atoms with E-state index in [0.29, 0.717) is 0 Å². The van der Waals surface area contributed by atoms with Crippen LogP contribution in [0.2, 0.25) is 0 Å². The van der Waals surface area contributed by atoms with Gasteiger partial charge in [0.05, 0.1) is 5.69 Å². The summed E-state index contributed by atoms with van der Waals surface area (Å²) in [6.07, 6.45) is 1.37. The van der Waals surface area contributed by atoms with E-state index in [-0.39, 0.29) is 11.6 Å². The fourth-order valence-corrected chi connectivity index (χ4v) is 2.21. The zero-order chi connectivity index (χ0) is 18.7. The predicted octanol–water partition coefficient (Wildman–Crippen LogP) is 3.91. The van der Waals surface area contributed by atoms with E-state index in [1.807, 2.05) is 30.3 Å². The van der Waals surface area contributed by atoms with Crippen LogP contribution in [0.25, 0.3) is 0 Å². The number of nitrogens with zero attached hydrogens (tertiary/aromatic N) is 3. The smallest absolute Gasteiger partial charge is 0.274 e. The minimum absolute atomic E-state index is 0.0538. The Hall–Kier alpha value is -3.42. The number of halogens is 3. The van der Waals surface area contributed by atoms with Gasteiger partial charge in [0.1, 0.15) is 5.69 Å². The minimum atomic E-state index is -1.66. The van der Waals surface area contributed by atoms with Crippen molar-refractivity contribution >= 4 is 23.2 Å². The first-order chi connectivity index (χ1) is 12.5. The third-order valence-corrected chi connectivity index (χ3v) is 3.60. The van der Waals surface area contributed by atoms with Crippen LogP contribution in [0.15, 0.2) is 54.7 Å². The lowest BCUT2D eigenvalue weighted by molar-refractivity contribution is 0.102. The molecule has 0 unspecified atom stereocenters. The van der Waals surface area contributed by atoms with Crippen LogP contribution in [-0.4, -0.2) is 22.9 Å². The van der Waals surface area contributed by atoms with Crippen LogP contribution in [0.5, 0.6) is 0 Å².